The molecule has 0 spiro atoms. The Bertz CT molecular complexity index is 551. The summed E-state index contributed by atoms with van der Waals surface area (Å²) >= 11 is 0. The molecule has 0 radical (unpaired) electrons. The Morgan fingerprint density at radius 3 is 2.52 bits per heavy atom. The van der Waals surface area contributed by atoms with Crippen molar-refractivity contribution >= 4 is 24.2 Å². The highest BCUT2D eigenvalue weighted by Gasteiger charge is 2.34. The Labute approximate surface area is 156 Å². The first-order valence-electron chi connectivity index (χ1n) is 8.80. The summed E-state index contributed by atoms with van der Waals surface area (Å²) in [5, 5.41) is 2.83. The SMILES string of the molecule is CC(C)CC(=O)NCCC(=O)N1C[C@@H](CN)[C@H](c2ccccc2)C1.Cl. The summed E-state index contributed by atoms with van der Waals surface area (Å²) in [6.07, 6.45) is 0.853. The molecular weight excluding hydrogens is 338 g/mol. The van der Waals surface area contributed by atoms with Gasteiger partial charge in [0.05, 0.1) is 0 Å². The number of hydrogen-bond acceptors (Lipinski definition) is 3. The number of carbonyl (C=O) groups excluding carboxylic acids is 2. The zero-order valence-electron chi connectivity index (χ0n) is 15.1. The predicted octanol–water partition coefficient (Wildman–Crippen LogP) is 2.16. The largest absolute Gasteiger partial charge is 0.356 e. The van der Waals surface area contributed by atoms with Crippen molar-refractivity contribution in [2.45, 2.75) is 32.6 Å². The van der Waals surface area contributed by atoms with Gasteiger partial charge in [0, 0.05) is 38.4 Å². The van der Waals surface area contributed by atoms with Crippen LogP contribution in [0.25, 0.3) is 0 Å². The molecular formula is C19H30ClN3O2. The second-order valence-electron chi connectivity index (χ2n) is 7.01. The Balaban J connectivity index is 0.00000312. The molecule has 1 heterocycles. The van der Waals surface area contributed by atoms with Gasteiger partial charge in [-0.05, 0) is 23.9 Å². The van der Waals surface area contributed by atoms with Crippen molar-refractivity contribution in [3.63, 3.8) is 0 Å². The molecule has 1 saturated heterocycles. The van der Waals surface area contributed by atoms with Crippen molar-refractivity contribution in [2.75, 3.05) is 26.2 Å². The number of rotatable bonds is 7. The molecule has 1 aromatic rings. The van der Waals surface area contributed by atoms with Gasteiger partial charge in [-0.3, -0.25) is 9.59 Å². The van der Waals surface area contributed by atoms with Crippen molar-refractivity contribution in [1.29, 1.82) is 0 Å². The maximum Gasteiger partial charge on any atom is 0.224 e. The summed E-state index contributed by atoms with van der Waals surface area (Å²) in [6.45, 7) is 6.41. The van der Waals surface area contributed by atoms with Gasteiger partial charge in [0.25, 0.3) is 0 Å². The van der Waals surface area contributed by atoms with E-state index in [4.69, 9.17) is 5.73 Å². The van der Waals surface area contributed by atoms with Crippen LogP contribution < -0.4 is 11.1 Å². The van der Waals surface area contributed by atoms with Gasteiger partial charge in [0.2, 0.25) is 11.8 Å². The third kappa shape index (κ3) is 6.33. The lowest BCUT2D eigenvalue weighted by Gasteiger charge is -2.17. The maximum atomic E-state index is 12.4. The Kier molecular flexibility index (Phi) is 8.93. The lowest BCUT2D eigenvalue weighted by Crippen LogP contribution is -2.34. The van der Waals surface area contributed by atoms with E-state index in [2.05, 4.69) is 17.4 Å². The van der Waals surface area contributed by atoms with E-state index < -0.39 is 0 Å². The van der Waals surface area contributed by atoms with Crippen molar-refractivity contribution in [3.05, 3.63) is 35.9 Å². The number of amides is 2. The first-order chi connectivity index (χ1) is 11.5. The van der Waals surface area contributed by atoms with Crippen molar-refractivity contribution in [3.8, 4) is 0 Å². The first kappa shape index (κ1) is 21.5. The number of nitrogens with two attached hydrogens (primary N) is 1. The number of nitrogens with zero attached hydrogens (tertiary/aromatic N) is 1. The fourth-order valence-electron chi connectivity index (χ4n) is 3.30. The second-order valence-corrected chi connectivity index (χ2v) is 7.01. The minimum atomic E-state index is 0. The van der Waals surface area contributed by atoms with Crippen LogP contribution in [0.1, 0.15) is 38.2 Å². The predicted molar refractivity (Wildman–Crippen MR) is 103 cm³/mol. The number of hydrogen-bond donors (Lipinski definition) is 2. The quantitative estimate of drug-likeness (QED) is 0.775. The Morgan fingerprint density at radius 1 is 1.24 bits per heavy atom. The summed E-state index contributed by atoms with van der Waals surface area (Å²) in [5.41, 5.74) is 7.16. The van der Waals surface area contributed by atoms with Crippen molar-refractivity contribution < 1.29 is 9.59 Å². The van der Waals surface area contributed by atoms with Crippen LogP contribution in [0.15, 0.2) is 30.3 Å². The summed E-state index contributed by atoms with van der Waals surface area (Å²) in [4.78, 5) is 26.0. The fraction of sp³-hybridized carbons (Fsp3) is 0.579. The fourth-order valence-corrected chi connectivity index (χ4v) is 3.30. The number of likely N-dealkylation sites (tertiary alicyclic amines) is 1. The molecule has 2 amide bonds. The topological polar surface area (TPSA) is 75.4 Å². The van der Waals surface area contributed by atoms with E-state index in [1.165, 1.54) is 5.56 Å². The normalized spacial score (nSPS) is 19.6. The highest BCUT2D eigenvalue weighted by Crippen LogP contribution is 2.32. The summed E-state index contributed by atoms with van der Waals surface area (Å²) in [7, 11) is 0. The van der Waals surface area contributed by atoms with Crippen LogP contribution in [0.4, 0.5) is 0 Å². The van der Waals surface area contributed by atoms with Gasteiger partial charge in [-0.1, -0.05) is 44.2 Å². The molecule has 140 valence electrons. The van der Waals surface area contributed by atoms with Crippen LogP contribution in [0.2, 0.25) is 0 Å². The highest BCUT2D eigenvalue weighted by molar-refractivity contribution is 5.85. The molecule has 0 unspecified atom stereocenters. The van der Waals surface area contributed by atoms with E-state index in [9.17, 15) is 9.59 Å². The minimum Gasteiger partial charge on any atom is -0.356 e. The molecule has 1 aliphatic heterocycles. The van der Waals surface area contributed by atoms with E-state index in [-0.39, 0.29) is 24.2 Å². The van der Waals surface area contributed by atoms with E-state index in [1.807, 2.05) is 36.9 Å². The van der Waals surface area contributed by atoms with E-state index in [1.54, 1.807) is 0 Å². The summed E-state index contributed by atoms with van der Waals surface area (Å²) in [5.74, 6) is 1.04. The molecule has 1 fully saturated rings. The smallest absolute Gasteiger partial charge is 0.224 e. The first-order valence-corrected chi connectivity index (χ1v) is 8.80. The zero-order valence-corrected chi connectivity index (χ0v) is 15.9. The molecule has 0 saturated carbocycles. The molecule has 2 rings (SSSR count). The molecule has 5 nitrogen and oxygen atoms in total. The van der Waals surface area contributed by atoms with Crippen LogP contribution in [0.3, 0.4) is 0 Å². The van der Waals surface area contributed by atoms with E-state index >= 15 is 0 Å². The minimum absolute atomic E-state index is 0. The van der Waals surface area contributed by atoms with Crippen LogP contribution in [-0.4, -0.2) is 42.9 Å². The third-order valence-electron chi connectivity index (χ3n) is 4.58. The molecule has 1 aliphatic rings. The number of carbonyl (C=O) groups is 2. The summed E-state index contributed by atoms with van der Waals surface area (Å²) < 4.78 is 0. The molecule has 2 atom stereocenters. The lowest BCUT2D eigenvalue weighted by molar-refractivity contribution is -0.130. The lowest BCUT2D eigenvalue weighted by atomic mass is 9.89. The van der Waals surface area contributed by atoms with Gasteiger partial charge in [-0.25, -0.2) is 0 Å². The monoisotopic (exact) mass is 367 g/mol. The Hall–Kier alpha value is -1.59. The van der Waals surface area contributed by atoms with Gasteiger partial charge in [-0.15, -0.1) is 12.4 Å². The van der Waals surface area contributed by atoms with Crippen molar-refractivity contribution in [1.82, 2.24) is 10.2 Å². The number of nitrogens with one attached hydrogen (secondary N) is 1. The van der Waals surface area contributed by atoms with Gasteiger partial charge < -0.3 is 16.0 Å². The standard InChI is InChI=1S/C19H29N3O2.ClH/c1-14(2)10-18(23)21-9-8-19(24)22-12-16(11-20)17(13-22)15-6-4-3-5-7-15;/h3-7,14,16-17H,8-13,20H2,1-2H3,(H,21,23);1H/t16-,17+;/m1./s1. The van der Waals surface area contributed by atoms with Crippen LogP contribution in [0, 0.1) is 11.8 Å². The zero-order chi connectivity index (χ0) is 17.5. The molecule has 0 aliphatic carbocycles. The molecule has 0 aromatic heterocycles. The molecule has 6 heteroatoms. The van der Waals surface area contributed by atoms with Crippen LogP contribution >= 0.6 is 12.4 Å². The molecule has 25 heavy (non-hydrogen) atoms. The van der Waals surface area contributed by atoms with Gasteiger partial charge in [-0.2, -0.15) is 0 Å². The average molecular weight is 368 g/mol. The Morgan fingerprint density at radius 2 is 1.92 bits per heavy atom. The molecule has 0 bridgehead atoms. The number of halogens is 1. The van der Waals surface area contributed by atoms with Gasteiger partial charge in [0.1, 0.15) is 0 Å². The average Bonchev–Trinajstić information content (AvgIpc) is 2.99. The van der Waals surface area contributed by atoms with Crippen LogP contribution in [-0.2, 0) is 9.59 Å². The molecule has 3 N–H and O–H groups in total. The van der Waals surface area contributed by atoms with Crippen LogP contribution in [0.5, 0.6) is 0 Å². The van der Waals surface area contributed by atoms with E-state index in [0.29, 0.717) is 56.8 Å². The summed E-state index contributed by atoms with van der Waals surface area (Å²) in [6, 6.07) is 10.3. The second kappa shape index (κ2) is 10.4. The maximum absolute atomic E-state index is 12.4. The highest BCUT2D eigenvalue weighted by atomic mass is 35.5. The molecule has 1 aromatic carbocycles. The third-order valence-corrected chi connectivity index (χ3v) is 4.58. The van der Waals surface area contributed by atoms with Gasteiger partial charge >= 0.3 is 0 Å². The van der Waals surface area contributed by atoms with E-state index in [0.717, 1.165) is 0 Å². The van der Waals surface area contributed by atoms with Gasteiger partial charge in [0.15, 0.2) is 0 Å². The number of benzene rings is 1. The van der Waals surface area contributed by atoms with Crippen molar-refractivity contribution in [2.24, 2.45) is 17.6 Å².